The first kappa shape index (κ1) is 13.0. The van der Waals surface area contributed by atoms with Gasteiger partial charge in [-0.25, -0.2) is 8.42 Å². The molecular weight excluding hydrogens is 304 g/mol. The highest BCUT2D eigenvalue weighted by molar-refractivity contribution is 7.92. The van der Waals surface area contributed by atoms with E-state index in [1.54, 1.807) is 23.3 Å². The maximum Gasteiger partial charge on any atom is 0.181 e. The summed E-state index contributed by atoms with van der Waals surface area (Å²) in [6.07, 6.45) is 8.17. The van der Waals surface area contributed by atoms with Gasteiger partial charge in [-0.3, -0.25) is 0 Å². The standard InChI is InChI=1S/C20H20O2S/c21-23(22,12-4-2-1-3-5-12)18-9-11-8-17(18)20-14-7-6-13(19(11)20)15-10-16(14)15/h1-7,11,13-18H,8-10H2/t11-,13+,14+,15-,16-,17-,18-/m1/s1. The fourth-order valence-corrected chi connectivity index (χ4v) is 8.38. The van der Waals surface area contributed by atoms with E-state index >= 15 is 0 Å². The minimum Gasteiger partial charge on any atom is -0.223 e. The molecule has 2 fully saturated rings. The summed E-state index contributed by atoms with van der Waals surface area (Å²) in [5, 5.41) is -0.182. The molecule has 7 rings (SSSR count). The van der Waals surface area contributed by atoms with Crippen LogP contribution in [0.4, 0.5) is 0 Å². The molecule has 0 amide bonds. The lowest BCUT2D eigenvalue weighted by Crippen LogP contribution is -2.36. The normalized spacial score (nSPS) is 45.3. The Hall–Kier alpha value is -1.35. The molecule has 0 N–H and O–H groups in total. The largest absolute Gasteiger partial charge is 0.223 e. The van der Waals surface area contributed by atoms with Crippen molar-refractivity contribution in [3.05, 3.63) is 53.6 Å². The Labute approximate surface area is 137 Å². The molecule has 0 spiro atoms. The quantitative estimate of drug-likeness (QED) is 0.779. The molecule has 0 radical (unpaired) electrons. The number of sulfone groups is 1. The van der Waals surface area contributed by atoms with E-state index in [1.165, 1.54) is 6.42 Å². The molecule has 1 aromatic carbocycles. The summed E-state index contributed by atoms with van der Waals surface area (Å²) in [5.41, 5.74) is 3.25. The van der Waals surface area contributed by atoms with Gasteiger partial charge in [0.2, 0.25) is 0 Å². The number of rotatable bonds is 2. The van der Waals surface area contributed by atoms with Gasteiger partial charge in [-0.1, -0.05) is 41.5 Å². The van der Waals surface area contributed by atoms with E-state index in [2.05, 4.69) is 12.2 Å². The highest BCUT2D eigenvalue weighted by Crippen LogP contribution is 2.69. The van der Waals surface area contributed by atoms with Crippen molar-refractivity contribution in [1.29, 1.82) is 0 Å². The first-order chi connectivity index (χ1) is 11.2. The number of benzene rings is 1. The second kappa shape index (κ2) is 4.00. The van der Waals surface area contributed by atoms with Crippen LogP contribution in [-0.4, -0.2) is 13.7 Å². The fourth-order valence-electron chi connectivity index (χ4n) is 6.32. The van der Waals surface area contributed by atoms with E-state index in [0.717, 1.165) is 24.7 Å². The zero-order valence-electron chi connectivity index (χ0n) is 12.9. The van der Waals surface area contributed by atoms with Crippen LogP contribution in [0.3, 0.4) is 0 Å². The van der Waals surface area contributed by atoms with Crippen LogP contribution in [0.25, 0.3) is 0 Å². The second-order valence-corrected chi connectivity index (χ2v) is 10.2. The Morgan fingerprint density at radius 3 is 2.26 bits per heavy atom. The smallest absolute Gasteiger partial charge is 0.181 e. The van der Waals surface area contributed by atoms with Crippen molar-refractivity contribution in [3.63, 3.8) is 0 Å². The van der Waals surface area contributed by atoms with Crippen LogP contribution in [-0.2, 0) is 9.84 Å². The van der Waals surface area contributed by atoms with Crippen LogP contribution in [0.15, 0.2) is 58.5 Å². The van der Waals surface area contributed by atoms with E-state index < -0.39 is 9.84 Å². The number of allylic oxidation sites excluding steroid dienone is 4. The van der Waals surface area contributed by atoms with Gasteiger partial charge < -0.3 is 0 Å². The molecule has 0 heterocycles. The van der Waals surface area contributed by atoms with E-state index in [4.69, 9.17) is 0 Å². The highest BCUT2D eigenvalue weighted by Gasteiger charge is 2.63. The molecule has 1 aromatic rings. The van der Waals surface area contributed by atoms with Crippen LogP contribution < -0.4 is 0 Å². The first-order valence-corrected chi connectivity index (χ1v) is 10.4. The van der Waals surface area contributed by atoms with Crippen LogP contribution in [0, 0.1) is 35.5 Å². The summed E-state index contributed by atoms with van der Waals surface area (Å²) in [5.74, 6) is 3.80. The molecule has 118 valence electrons. The Morgan fingerprint density at radius 2 is 1.52 bits per heavy atom. The van der Waals surface area contributed by atoms with Crippen LogP contribution in [0.5, 0.6) is 0 Å². The monoisotopic (exact) mass is 324 g/mol. The second-order valence-electron chi connectivity index (χ2n) is 8.08. The van der Waals surface area contributed by atoms with Crippen molar-refractivity contribution < 1.29 is 8.42 Å². The predicted molar refractivity (Wildman–Crippen MR) is 88.4 cm³/mol. The van der Waals surface area contributed by atoms with Gasteiger partial charge in [0.15, 0.2) is 9.84 Å². The van der Waals surface area contributed by atoms with Crippen molar-refractivity contribution in [1.82, 2.24) is 0 Å². The van der Waals surface area contributed by atoms with Crippen LogP contribution in [0.2, 0.25) is 0 Å². The average Bonchev–Trinajstić information content (AvgIpc) is 3.18. The van der Waals surface area contributed by atoms with E-state index in [0.29, 0.717) is 28.6 Å². The molecule has 6 aliphatic carbocycles. The van der Waals surface area contributed by atoms with Gasteiger partial charge in [-0.05, 0) is 55.1 Å². The van der Waals surface area contributed by atoms with Crippen LogP contribution in [0.1, 0.15) is 19.3 Å². The first-order valence-electron chi connectivity index (χ1n) is 8.87. The molecule has 7 atom stereocenters. The summed E-state index contributed by atoms with van der Waals surface area (Å²) in [4.78, 5) is 0.514. The molecule has 0 saturated heterocycles. The van der Waals surface area contributed by atoms with Gasteiger partial charge in [0.05, 0.1) is 10.1 Å². The Morgan fingerprint density at radius 1 is 0.826 bits per heavy atom. The molecule has 23 heavy (non-hydrogen) atoms. The van der Waals surface area contributed by atoms with E-state index in [1.807, 2.05) is 18.2 Å². The molecule has 0 unspecified atom stereocenters. The lowest BCUT2D eigenvalue weighted by molar-refractivity contribution is 0.397. The van der Waals surface area contributed by atoms with Gasteiger partial charge in [0.25, 0.3) is 0 Å². The van der Waals surface area contributed by atoms with Crippen molar-refractivity contribution >= 4 is 9.84 Å². The Balaban J connectivity index is 1.43. The summed E-state index contributed by atoms with van der Waals surface area (Å²) >= 11 is 0. The zero-order chi connectivity index (χ0) is 15.3. The SMILES string of the molecule is O=S(=O)(c1ccccc1)[C@@H]1C[C@H]2C[C@H]1C1=C2[C@H]2C=C[C@H]1[C@H]1C[C@@H]12. The Kier molecular flexibility index (Phi) is 2.26. The molecule has 0 aromatic heterocycles. The van der Waals surface area contributed by atoms with E-state index in [-0.39, 0.29) is 5.25 Å². The minimum atomic E-state index is -3.20. The topological polar surface area (TPSA) is 34.1 Å². The van der Waals surface area contributed by atoms with Crippen molar-refractivity contribution in [2.24, 2.45) is 35.5 Å². The highest BCUT2D eigenvalue weighted by atomic mass is 32.2. The van der Waals surface area contributed by atoms with Gasteiger partial charge in [0, 0.05) is 11.8 Å². The molecule has 2 saturated carbocycles. The minimum absolute atomic E-state index is 0.182. The van der Waals surface area contributed by atoms with E-state index in [9.17, 15) is 8.42 Å². The van der Waals surface area contributed by atoms with Crippen molar-refractivity contribution in [3.8, 4) is 0 Å². The average molecular weight is 324 g/mol. The number of hydrogen-bond donors (Lipinski definition) is 0. The Bertz CT molecular complexity index is 864. The molecule has 2 nitrogen and oxygen atoms in total. The van der Waals surface area contributed by atoms with Gasteiger partial charge in [-0.15, -0.1) is 0 Å². The third-order valence-corrected chi connectivity index (χ3v) is 9.45. The molecule has 3 heteroatoms. The summed E-state index contributed by atoms with van der Waals surface area (Å²) in [6, 6.07) is 9.09. The van der Waals surface area contributed by atoms with Gasteiger partial charge >= 0.3 is 0 Å². The predicted octanol–water partition coefficient (Wildman–Crippen LogP) is 3.62. The van der Waals surface area contributed by atoms with Crippen molar-refractivity contribution in [2.45, 2.75) is 29.4 Å². The summed E-state index contributed by atoms with van der Waals surface area (Å²) in [7, 11) is -3.20. The number of hydrogen-bond acceptors (Lipinski definition) is 2. The molecule has 6 aliphatic rings. The maximum atomic E-state index is 13.2. The van der Waals surface area contributed by atoms with Gasteiger partial charge in [0.1, 0.15) is 0 Å². The molecule has 4 bridgehead atoms. The maximum absolute atomic E-state index is 13.2. The van der Waals surface area contributed by atoms with Crippen LogP contribution >= 0.6 is 0 Å². The summed E-state index contributed by atoms with van der Waals surface area (Å²) < 4.78 is 26.3. The third-order valence-electron chi connectivity index (χ3n) is 7.20. The summed E-state index contributed by atoms with van der Waals surface area (Å²) in [6.45, 7) is 0. The molecular formula is C20H20O2S. The lowest BCUT2D eigenvalue weighted by atomic mass is 9.67. The number of fused-ring (bicyclic) bond motifs is 2. The fraction of sp³-hybridized carbons (Fsp3) is 0.500. The lowest BCUT2D eigenvalue weighted by Gasteiger charge is -2.40. The van der Waals surface area contributed by atoms with Gasteiger partial charge in [-0.2, -0.15) is 0 Å². The zero-order valence-corrected chi connectivity index (χ0v) is 13.7. The van der Waals surface area contributed by atoms with Crippen molar-refractivity contribution in [2.75, 3.05) is 0 Å². The third kappa shape index (κ3) is 1.48. The molecule has 0 aliphatic heterocycles.